The van der Waals surface area contributed by atoms with E-state index in [2.05, 4.69) is 9.72 Å². The summed E-state index contributed by atoms with van der Waals surface area (Å²) < 4.78 is 42.8. The molecule has 0 aliphatic rings. The van der Waals surface area contributed by atoms with Crippen LogP contribution in [0, 0.1) is 0 Å². The first-order chi connectivity index (χ1) is 11.4. The zero-order valence-corrected chi connectivity index (χ0v) is 13.4. The predicted octanol–water partition coefficient (Wildman–Crippen LogP) is 4.70. The number of thiazole rings is 1. The average molecular weight is 351 g/mol. The average Bonchev–Trinajstić information content (AvgIpc) is 3.05. The van der Waals surface area contributed by atoms with Crippen molar-refractivity contribution in [3.05, 3.63) is 52.3 Å². The van der Waals surface area contributed by atoms with E-state index in [1.165, 1.54) is 12.5 Å². The Balaban J connectivity index is 2.05. The summed E-state index contributed by atoms with van der Waals surface area (Å²) in [6.07, 6.45) is -4.35. The fourth-order valence-electron chi connectivity index (χ4n) is 2.42. The molecule has 0 amide bonds. The van der Waals surface area contributed by atoms with Gasteiger partial charge in [-0.3, -0.25) is 4.79 Å². The number of hydrogen-bond acceptors (Lipinski definition) is 4. The van der Waals surface area contributed by atoms with Gasteiger partial charge in [0.25, 0.3) is 0 Å². The first-order valence-corrected chi connectivity index (χ1v) is 7.88. The van der Waals surface area contributed by atoms with Crippen molar-refractivity contribution in [1.29, 1.82) is 0 Å². The molecule has 0 saturated carbocycles. The minimum Gasteiger partial charge on any atom is -0.469 e. The molecule has 0 saturated heterocycles. The highest BCUT2D eigenvalue weighted by Gasteiger charge is 2.34. The van der Waals surface area contributed by atoms with Crippen LogP contribution >= 0.6 is 11.3 Å². The Bertz CT molecular complexity index is 902. The van der Waals surface area contributed by atoms with Gasteiger partial charge in [0, 0.05) is 10.9 Å². The number of rotatable bonds is 3. The minimum atomic E-state index is -4.45. The molecule has 2 aromatic carbocycles. The molecule has 0 unspecified atom stereocenters. The van der Waals surface area contributed by atoms with Gasteiger partial charge in [0.1, 0.15) is 0 Å². The first kappa shape index (κ1) is 16.4. The highest BCUT2D eigenvalue weighted by Crippen LogP contribution is 2.35. The second-order valence-corrected chi connectivity index (χ2v) is 6.00. The summed E-state index contributed by atoms with van der Waals surface area (Å²) in [6, 6.07) is 10.8. The van der Waals surface area contributed by atoms with Crippen LogP contribution < -0.4 is 0 Å². The highest BCUT2D eigenvalue weighted by atomic mass is 32.1. The van der Waals surface area contributed by atoms with Gasteiger partial charge in [0.2, 0.25) is 0 Å². The second kappa shape index (κ2) is 6.24. The third-order valence-electron chi connectivity index (χ3n) is 3.58. The lowest BCUT2D eigenvalue weighted by atomic mass is 9.99. The lowest BCUT2D eigenvalue weighted by molar-refractivity contribution is -0.140. The molecule has 0 radical (unpaired) electrons. The molecule has 0 fully saturated rings. The van der Waals surface area contributed by atoms with Gasteiger partial charge in [0.05, 0.1) is 19.2 Å². The van der Waals surface area contributed by atoms with Crippen LogP contribution in [0.4, 0.5) is 13.2 Å². The van der Waals surface area contributed by atoms with Crippen LogP contribution in [-0.2, 0) is 22.1 Å². The van der Waals surface area contributed by atoms with E-state index < -0.39 is 11.2 Å². The van der Waals surface area contributed by atoms with Crippen molar-refractivity contribution in [2.75, 3.05) is 7.11 Å². The molecule has 0 N–H and O–H groups in total. The summed E-state index contributed by atoms with van der Waals surface area (Å²) >= 11 is 0.565. The molecule has 1 aromatic heterocycles. The second-order valence-electron chi connectivity index (χ2n) is 5.14. The van der Waals surface area contributed by atoms with Crippen LogP contribution in [-0.4, -0.2) is 18.1 Å². The summed E-state index contributed by atoms with van der Waals surface area (Å²) in [6.45, 7) is 0. The summed E-state index contributed by atoms with van der Waals surface area (Å²) in [5.41, 5.74) is 1.60. The van der Waals surface area contributed by atoms with Gasteiger partial charge in [-0.25, -0.2) is 4.98 Å². The number of fused-ring (bicyclic) bond motifs is 1. The fraction of sp³-hybridized carbons (Fsp3) is 0.176. The molecular formula is C17H12F3NO2S. The molecule has 124 valence electrons. The Morgan fingerprint density at radius 2 is 2.04 bits per heavy atom. The number of methoxy groups -OCH3 is 1. The Hall–Kier alpha value is -2.41. The molecule has 0 bridgehead atoms. The monoisotopic (exact) mass is 351 g/mol. The Kier molecular flexibility index (Phi) is 4.28. The number of hydrogen-bond donors (Lipinski definition) is 0. The number of esters is 1. The van der Waals surface area contributed by atoms with Crippen LogP contribution in [0.3, 0.4) is 0 Å². The van der Waals surface area contributed by atoms with Gasteiger partial charge in [-0.05, 0) is 22.4 Å². The summed E-state index contributed by atoms with van der Waals surface area (Å²) in [5.74, 6) is -0.374. The summed E-state index contributed by atoms with van der Waals surface area (Å²) in [5, 5.41) is 2.20. The van der Waals surface area contributed by atoms with E-state index in [1.54, 1.807) is 24.3 Å². The number of benzene rings is 2. The van der Waals surface area contributed by atoms with E-state index in [9.17, 15) is 18.0 Å². The van der Waals surface area contributed by atoms with E-state index >= 15 is 0 Å². The zero-order valence-electron chi connectivity index (χ0n) is 12.6. The molecule has 3 rings (SSSR count). The van der Waals surface area contributed by atoms with Gasteiger partial charge in [-0.15, -0.1) is 11.3 Å². The number of carbonyl (C=O) groups is 1. The quantitative estimate of drug-likeness (QED) is 0.642. The SMILES string of the molecule is COC(=O)Cc1cccc2ccc(-c3csc(C(F)(F)F)n3)cc12. The van der Waals surface area contributed by atoms with Crippen molar-refractivity contribution in [3.8, 4) is 11.3 Å². The normalized spacial score (nSPS) is 11.7. The smallest absolute Gasteiger partial charge is 0.443 e. The third-order valence-corrected chi connectivity index (χ3v) is 4.46. The van der Waals surface area contributed by atoms with Crippen molar-refractivity contribution in [2.45, 2.75) is 12.6 Å². The zero-order chi connectivity index (χ0) is 17.3. The molecule has 7 heteroatoms. The Labute approximate surface area is 139 Å². The number of aromatic nitrogens is 1. The van der Waals surface area contributed by atoms with Crippen molar-refractivity contribution in [3.63, 3.8) is 0 Å². The van der Waals surface area contributed by atoms with E-state index in [1.807, 2.05) is 12.1 Å². The number of alkyl halides is 3. The molecule has 3 nitrogen and oxygen atoms in total. The molecule has 0 spiro atoms. The highest BCUT2D eigenvalue weighted by molar-refractivity contribution is 7.10. The lowest BCUT2D eigenvalue weighted by Crippen LogP contribution is -2.05. The minimum absolute atomic E-state index is 0.0994. The van der Waals surface area contributed by atoms with Gasteiger partial charge in [0.15, 0.2) is 5.01 Å². The lowest BCUT2D eigenvalue weighted by Gasteiger charge is -2.07. The molecule has 0 atom stereocenters. The van der Waals surface area contributed by atoms with Crippen molar-refractivity contribution < 1.29 is 22.7 Å². The number of carbonyl (C=O) groups excluding carboxylic acids is 1. The molecule has 3 aromatic rings. The van der Waals surface area contributed by atoms with Crippen molar-refractivity contribution >= 4 is 28.1 Å². The first-order valence-electron chi connectivity index (χ1n) is 7.00. The number of nitrogens with zero attached hydrogens (tertiary/aromatic N) is 1. The van der Waals surface area contributed by atoms with E-state index in [0.717, 1.165) is 16.3 Å². The van der Waals surface area contributed by atoms with Crippen LogP contribution in [0.1, 0.15) is 10.6 Å². The van der Waals surface area contributed by atoms with E-state index in [4.69, 9.17) is 0 Å². The Morgan fingerprint density at radius 3 is 2.71 bits per heavy atom. The predicted molar refractivity (Wildman–Crippen MR) is 85.8 cm³/mol. The van der Waals surface area contributed by atoms with Crippen LogP contribution in [0.2, 0.25) is 0 Å². The molecule has 24 heavy (non-hydrogen) atoms. The maximum Gasteiger partial charge on any atom is 0.443 e. The van der Waals surface area contributed by atoms with Crippen LogP contribution in [0.25, 0.3) is 22.0 Å². The van der Waals surface area contributed by atoms with Gasteiger partial charge >= 0.3 is 12.1 Å². The number of ether oxygens (including phenoxy) is 1. The standard InChI is InChI=1S/C17H12F3NO2S/c1-23-15(22)8-11-4-2-3-10-5-6-12(7-13(10)11)14-9-24-16(21-14)17(18,19)20/h2-7,9H,8H2,1H3. The van der Waals surface area contributed by atoms with Crippen molar-refractivity contribution in [1.82, 2.24) is 4.98 Å². The fourth-order valence-corrected chi connectivity index (χ4v) is 3.11. The third kappa shape index (κ3) is 3.26. The van der Waals surface area contributed by atoms with Gasteiger partial charge < -0.3 is 4.74 Å². The molecule has 1 heterocycles. The largest absolute Gasteiger partial charge is 0.469 e. The van der Waals surface area contributed by atoms with Crippen molar-refractivity contribution in [2.24, 2.45) is 0 Å². The van der Waals surface area contributed by atoms with Crippen LogP contribution in [0.15, 0.2) is 41.8 Å². The van der Waals surface area contributed by atoms with E-state index in [-0.39, 0.29) is 18.1 Å². The molecule has 0 aliphatic heterocycles. The van der Waals surface area contributed by atoms with Gasteiger partial charge in [-0.2, -0.15) is 13.2 Å². The maximum absolute atomic E-state index is 12.7. The topological polar surface area (TPSA) is 39.2 Å². The van der Waals surface area contributed by atoms with E-state index in [0.29, 0.717) is 16.9 Å². The summed E-state index contributed by atoms with van der Waals surface area (Å²) in [7, 11) is 1.31. The maximum atomic E-state index is 12.7. The molecular weight excluding hydrogens is 339 g/mol. The summed E-state index contributed by atoms with van der Waals surface area (Å²) in [4.78, 5) is 15.2. The Morgan fingerprint density at radius 1 is 1.25 bits per heavy atom. The molecule has 0 aliphatic carbocycles. The van der Waals surface area contributed by atoms with Gasteiger partial charge in [-0.1, -0.05) is 30.3 Å². The number of halogens is 3. The van der Waals surface area contributed by atoms with Crippen LogP contribution in [0.5, 0.6) is 0 Å².